The molecule has 0 spiro atoms. The molecular weight excluding hydrogens is 314 g/mol. The number of hydrogen-bond donors (Lipinski definition) is 0. The van der Waals surface area contributed by atoms with Gasteiger partial charge in [-0.05, 0) is 29.3 Å². The number of fused-ring (bicyclic) bond motifs is 1. The van der Waals surface area contributed by atoms with Crippen molar-refractivity contribution in [3.8, 4) is 16.9 Å². The summed E-state index contributed by atoms with van der Waals surface area (Å²) in [5.74, 6) is 1.03. The molecule has 1 saturated heterocycles. The summed E-state index contributed by atoms with van der Waals surface area (Å²) in [6, 6.07) is 14.2. The van der Waals surface area contributed by atoms with Gasteiger partial charge in [0.05, 0.1) is 18.9 Å². The average Bonchev–Trinajstić information content (AvgIpc) is 3.07. The molecule has 0 aliphatic carbocycles. The van der Waals surface area contributed by atoms with Gasteiger partial charge in [0.15, 0.2) is 0 Å². The first-order valence-electron chi connectivity index (χ1n) is 8.52. The standard InChI is InChI=1S/C20H19N3O2/c24-19-6-3-11-23(19)12-13-25-18-8-7-15-4-1-2-5-17(15)20(18)16-9-10-21-22-14-16/h1-2,4-5,7-10,14H,3,6,11-13H2. The van der Waals surface area contributed by atoms with Gasteiger partial charge in [0.25, 0.3) is 0 Å². The molecule has 1 aliphatic heterocycles. The molecule has 1 fully saturated rings. The van der Waals surface area contributed by atoms with Crippen LogP contribution in [0.2, 0.25) is 0 Å². The molecule has 0 saturated carbocycles. The van der Waals surface area contributed by atoms with Crippen molar-refractivity contribution in [1.82, 2.24) is 15.1 Å². The summed E-state index contributed by atoms with van der Waals surface area (Å²) in [6.07, 6.45) is 5.04. The number of amides is 1. The minimum absolute atomic E-state index is 0.223. The number of carbonyl (C=O) groups excluding carboxylic acids is 1. The first kappa shape index (κ1) is 15.6. The maximum atomic E-state index is 11.7. The Morgan fingerprint density at radius 2 is 2.00 bits per heavy atom. The van der Waals surface area contributed by atoms with Gasteiger partial charge >= 0.3 is 0 Å². The molecule has 3 aromatic rings. The molecule has 1 amide bonds. The summed E-state index contributed by atoms with van der Waals surface area (Å²) in [5.41, 5.74) is 1.99. The summed E-state index contributed by atoms with van der Waals surface area (Å²) in [4.78, 5) is 13.6. The zero-order valence-corrected chi connectivity index (χ0v) is 13.9. The molecule has 0 bridgehead atoms. The summed E-state index contributed by atoms with van der Waals surface area (Å²) >= 11 is 0. The van der Waals surface area contributed by atoms with Crippen LogP contribution in [0.4, 0.5) is 0 Å². The molecule has 1 aliphatic rings. The number of rotatable bonds is 5. The fraction of sp³-hybridized carbons (Fsp3) is 0.250. The van der Waals surface area contributed by atoms with Crippen LogP contribution >= 0.6 is 0 Å². The fourth-order valence-corrected chi connectivity index (χ4v) is 3.31. The van der Waals surface area contributed by atoms with E-state index in [2.05, 4.69) is 28.4 Å². The van der Waals surface area contributed by atoms with Crippen LogP contribution in [0, 0.1) is 0 Å². The molecule has 2 aromatic carbocycles. The first-order valence-corrected chi connectivity index (χ1v) is 8.52. The lowest BCUT2D eigenvalue weighted by Crippen LogP contribution is -2.29. The SMILES string of the molecule is O=C1CCCN1CCOc1ccc2ccccc2c1-c1ccnnc1. The normalized spacial score (nSPS) is 14.2. The van der Waals surface area contributed by atoms with E-state index in [1.54, 1.807) is 12.4 Å². The second kappa shape index (κ2) is 6.89. The molecule has 5 nitrogen and oxygen atoms in total. The average molecular weight is 333 g/mol. The smallest absolute Gasteiger partial charge is 0.222 e. The summed E-state index contributed by atoms with van der Waals surface area (Å²) in [6.45, 7) is 1.94. The number of nitrogens with zero attached hydrogens (tertiary/aromatic N) is 3. The Hall–Kier alpha value is -2.95. The van der Waals surface area contributed by atoms with E-state index < -0.39 is 0 Å². The van der Waals surface area contributed by atoms with E-state index >= 15 is 0 Å². The minimum Gasteiger partial charge on any atom is -0.491 e. The third-order valence-corrected chi connectivity index (χ3v) is 4.55. The summed E-state index contributed by atoms with van der Waals surface area (Å²) in [5, 5.41) is 10.1. The monoisotopic (exact) mass is 333 g/mol. The maximum Gasteiger partial charge on any atom is 0.222 e. The number of carbonyl (C=O) groups is 1. The van der Waals surface area contributed by atoms with Crippen LogP contribution in [-0.2, 0) is 4.79 Å². The van der Waals surface area contributed by atoms with E-state index in [9.17, 15) is 4.79 Å². The molecule has 25 heavy (non-hydrogen) atoms. The van der Waals surface area contributed by atoms with E-state index in [1.807, 2.05) is 29.2 Å². The van der Waals surface area contributed by atoms with Gasteiger partial charge in [0, 0.05) is 24.1 Å². The lowest BCUT2D eigenvalue weighted by molar-refractivity contribution is -0.128. The van der Waals surface area contributed by atoms with Crippen molar-refractivity contribution in [2.45, 2.75) is 12.8 Å². The van der Waals surface area contributed by atoms with E-state index in [-0.39, 0.29) is 5.91 Å². The Morgan fingerprint density at radius 1 is 1.08 bits per heavy atom. The lowest BCUT2D eigenvalue weighted by Gasteiger charge is -2.18. The minimum atomic E-state index is 0.223. The van der Waals surface area contributed by atoms with Gasteiger partial charge in [-0.25, -0.2) is 0 Å². The Kier molecular flexibility index (Phi) is 4.29. The topological polar surface area (TPSA) is 55.3 Å². The molecule has 0 radical (unpaired) electrons. The third kappa shape index (κ3) is 3.18. The van der Waals surface area contributed by atoms with Crippen molar-refractivity contribution >= 4 is 16.7 Å². The highest BCUT2D eigenvalue weighted by molar-refractivity contribution is 5.99. The van der Waals surface area contributed by atoms with Crippen molar-refractivity contribution in [3.05, 3.63) is 54.9 Å². The van der Waals surface area contributed by atoms with E-state index in [4.69, 9.17) is 4.74 Å². The zero-order valence-electron chi connectivity index (χ0n) is 13.9. The second-order valence-electron chi connectivity index (χ2n) is 6.12. The molecule has 5 heteroatoms. The molecule has 0 unspecified atom stereocenters. The van der Waals surface area contributed by atoms with Crippen molar-refractivity contribution in [2.24, 2.45) is 0 Å². The van der Waals surface area contributed by atoms with Crippen LogP contribution in [0.25, 0.3) is 21.9 Å². The van der Waals surface area contributed by atoms with Crippen molar-refractivity contribution < 1.29 is 9.53 Å². The van der Waals surface area contributed by atoms with Crippen LogP contribution in [0.1, 0.15) is 12.8 Å². The van der Waals surface area contributed by atoms with Gasteiger partial charge in [0.2, 0.25) is 5.91 Å². The van der Waals surface area contributed by atoms with E-state index in [1.165, 1.54) is 0 Å². The van der Waals surface area contributed by atoms with E-state index in [0.29, 0.717) is 19.6 Å². The van der Waals surface area contributed by atoms with Crippen LogP contribution in [0.3, 0.4) is 0 Å². The van der Waals surface area contributed by atoms with Crippen molar-refractivity contribution in [1.29, 1.82) is 0 Å². The highest BCUT2D eigenvalue weighted by atomic mass is 16.5. The highest BCUT2D eigenvalue weighted by Gasteiger charge is 2.20. The molecule has 0 N–H and O–H groups in total. The predicted molar refractivity (Wildman–Crippen MR) is 96.3 cm³/mol. The fourth-order valence-electron chi connectivity index (χ4n) is 3.31. The molecule has 2 heterocycles. The Bertz CT molecular complexity index is 896. The Balaban J connectivity index is 1.65. The lowest BCUT2D eigenvalue weighted by atomic mass is 9.98. The van der Waals surface area contributed by atoms with Gasteiger partial charge in [-0.1, -0.05) is 30.3 Å². The zero-order chi connectivity index (χ0) is 17.1. The second-order valence-corrected chi connectivity index (χ2v) is 6.12. The largest absolute Gasteiger partial charge is 0.491 e. The van der Waals surface area contributed by atoms with Crippen LogP contribution in [-0.4, -0.2) is 40.7 Å². The molecule has 0 atom stereocenters. The summed E-state index contributed by atoms with van der Waals surface area (Å²) in [7, 11) is 0. The first-order chi connectivity index (χ1) is 12.3. The Morgan fingerprint density at radius 3 is 2.80 bits per heavy atom. The number of likely N-dealkylation sites (tertiary alicyclic amines) is 1. The van der Waals surface area contributed by atoms with Gasteiger partial charge in [-0.3, -0.25) is 4.79 Å². The highest BCUT2D eigenvalue weighted by Crippen LogP contribution is 2.36. The van der Waals surface area contributed by atoms with Crippen molar-refractivity contribution in [2.75, 3.05) is 19.7 Å². The number of benzene rings is 2. The van der Waals surface area contributed by atoms with Crippen LogP contribution < -0.4 is 4.74 Å². The van der Waals surface area contributed by atoms with Crippen LogP contribution in [0.15, 0.2) is 54.9 Å². The maximum absolute atomic E-state index is 11.7. The molecule has 4 rings (SSSR count). The van der Waals surface area contributed by atoms with Gasteiger partial charge in [-0.2, -0.15) is 10.2 Å². The van der Waals surface area contributed by atoms with Gasteiger partial charge in [-0.15, -0.1) is 0 Å². The summed E-state index contributed by atoms with van der Waals surface area (Å²) < 4.78 is 6.07. The van der Waals surface area contributed by atoms with Gasteiger partial charge in [0.1, 0.15) is 12.4 Å². The number of ether oxygens (including phenoxy) is 1. The predicted octanol–water partition coefficient (Wildman–Crippen LogP) is 3.30. The number of hydrogen-bond acceptors (Lipinski definition) is 4. The molecular formula is C20H19N3O2. The number of aromatic nitrogens is 2. The third-order valence-electron chi connectivity index (χ3n) is 4.55. The Labute approximate surface area is 146 Å². The molecule has 126 valence electrons. The van der Waals surface area contributed by atoms with Crippen molar-refractivity contribution in [3.63, 3.8) is 0 Å². The van der Waals surface area contributed by atoms with Gasteiger partial charge < -0.3 is 9.64 Å². The quantitative estimate of drug-likeness (QED) is 0.719. The van der Waals surface area contributed by atoms with Crippen LogP contribution in [0.5, 0.6) is 5.75 Å². The van der Waals surface area contributed by atoms with E-state index in [0.717, 1.165) is 40.6 Å². The molecule has 1 aromatic heterocycles.